The van der Waals surface area contributed by atoms with Crippen molar-refractivity contribution in [1.82, 2.24) is 14.9 Å². The highest BCUT2D eigenvalue weighted by Gasteiger charge is 2.23. The lowest BCUT2D eigenvalue weighted by molar-refractivity contribution is 0.0588. The molecule has 0 aliphatic carbocycles. The molecule has 0 spiro atoms. The Bertz CT molecular complexity index is 876. The van der Waals surface area contributed by atoms with E-state index in [4.69, 9.17) is 4.74 Å². The third-order valence-electron chi connectivity index (χ3n) is 3.96. The van der Waals surface area contributed by atoms with Crippen LogP contribution in [0, 0.1) is 0 Å². The van der Waals surface area contributed by atoms with Gasteiger partial charge in [-0.3, -0.25) is 4.79 Å². The number of esters is 1. The van der Waals surface area contributed by atoms with Crippen molar-refractivity contribution >= 4 is 11.9 Å². The number of H-pyrrole nitrogens is 1. The highest BCUT2D eigenvalue weighted by molar-refractivity contribution is 6.05. The van der Waals surface area contributed by atoms with Crippen LogP contribution in [0.1, 0.15) is 32.1 Å². The Labute approximate surface area is 151 Å². The van der Waals surface area contributed by atoms with E-state index < -0.39 is 5.97 Å². The van der Waals surface area contributed by atoms with Gasteiger partial charge in [-0.25, -0.2) is 9.78 Å². The Hall–Kier alpha value is -3.41. The lowest BCUT2D eigenvalue weighted by Gasteiger charge is -2.23. The monoisotopic (exact) mass is 349 g/mol. The van der Waals surface area contributed by atoms with E-state index >= 15 is 0 Å². The summed E-state index contributed by atoms with van der Waals surface area (Å²) < 4.78 is 4.80. The highest BCUT2D eigenvalue weighted by atomic mass is 16.5. The third-order valence-corrected chi connectivity index (χ3v) is 3.96. The van der Waals surface area contributed by atoms with Crippen molar-refractivity contribution in [2.24, 2.45) is 0 Å². The number of nitrogens with zero attached hydrogens (tertiary/aromatic N) is 2. The van der Waals surface area contributed by atoms with Gasteiger partial charge in [-0.05, 0) is 17.7 Å². The Morgan fingerprint density at radius 2 is 1.69 bits per heavy atom. The number of benzene rings is 2. The van der Waals surface area contributed by atoms with Crippen molar-refractivity contribution in [3.63, 3.8) is 0 Å². The molecule has 0 saturated carbocycles. The molecule has 2 aromatic carbocycles. The number of nitrogens with one attached hydrogen (secondary N) is 1. The second-order valence-electron chi connectivity index (χ2n) is 5.72. The molecule has 26 heavy (non-hydrogen) atoms. The summed E-state index contributed by atoms with van der Waals surface area (Å²) in [6.45, 7) is 0.701. The van der Waals surface area contributed by atoms with E-state index in [0.29, 0.717) is 24.5 Å². The summed E-state index contributed by atoms with van der Waals surface area (Å²) in [4.78, 5) is 34.1. The average Bonchev–Trinajstić information content (AvgIpc) is 3.20. The number of hydrogen-bond donors (Lipinski definition) is 1. The van der Waals surface area contributed by atoms with Crippen LogP contribution in [0.25, 0.3) is 0 Å². The number of methoxy groups -OCH3 is 1. The van der Waals surface area contributed by atoms with E-state index in [1.165, 1.54) is 7.11 Å². The molecule has 1 heterocycles. The maximum absolute atomic E-state index is 13.2. The normalized spacial score (nSPS) is 10.3. The fraction of sp³-hybridized carbons (Fsp3) is 0.150. The molecule has 3 rings (SSSR count). The van der Waals surface area contributed by atoms with Crippen LogP contribution in [0.2, 0.25) is 0 Å². The third kappa shape index (κ3) is 3.97. The number of aromatic nitrogens is 2. The number of carbonyl (C=O) groups excluding carboxylic acids is 2. The number of imidazole rings is 1. The molecule has 0 fully saturated rings. The van der Waals surface area contributed by atoms with Gasteiger partial charge < -0.3 is 14.6 Å². The van der Waals surface area contributed by atoms with Crippen molar-refractivity contribution in [2.75, 3.05) is 7.11 Å². The largest absolute Gasteiger partial charge is 0.465 e. The number of aromatic amines is 1. The Balaban J connectivity index is 1.93. The van der Waals surface area contributed by atoms with Gasteiger partial charge in [0.15, 0.2) is 0 Å². The van der Waals surface area contributed by atoms with E-state index in [1.54, 1.807) is 41.6 Å². The number of hydrogen-bond acceptors (Lipinski definition) is 4. The zero-order valence-electron chi connectivity index (χ0n) is 14.4. The standard InChI is InChI=1S/C20H19N3O3/c1-26-20(25)17-10-6-5-9-16(17)19(24)23(14-18-21-11-12-22-18)13-15-7-3-2-4-8-15/h2-12H,13-14H2,1H3,(H,21,22). The van der Waals surface area contributed by atoms with Gasteiger partial charge in [0.1, 0.15) is 5.82 Å². The van der Waals surface area contributed by atoms with Crippen molar-refractivity contribution in [1.29, 1.82) is 0 Å². The molecule has 6 heteroatoms. The first kappa shape index (κ1) is 17.4. The van der Waals surface area contributed by atoms with Crippen LogP contribution < -0.4 is 0 Å². The van der Waals surface area contributed by atoms with Gasteiger partial charge in [0, 0.05) is 18.9 Å². The van der Waals surface area contributed by atoms with Crippen LogP contribution in [-0.4, -0.2) is 33.9 Å². The minimum atomic E-state index is -0.536. The quantitative estimate of drug-likeness (QED) is 0.694. The van der Waals surface area contributed by atoms with Gasteiger partial charge in [-0.2, -0.15) is 0 Å². The summed E-state index contributed by atoms with van der Waals surface area (Å²) in [5.41, 5.74) is 1.54. The van der Waals surface area contributed by atoms with E-state index in [-0.39, 0.29) is 11.5 Å². The molecule has 0 aliphatic heterocycles. The fourth-order valence-electron chi connectivity index (χ4n) is 2.70. The van der Waals surface area contributed by atoms with Crippen molar-refractivity contribution in [2.45, 2.75) is 13.1 Å². The van der Waals surface area contributed by atoms with Crippen molar-refractivity contribution in [3.8, 4) is 0 Å². The molecular formula is C20H19N3O3. The Morgan fingerprint density at radius 1 is 1.00 bits per heavy atom. The minimum Gasteiger partial charge on any atom is -0.465 e. The lowest BCUT2D eigenvalue weighted by atomic mass is 10.1. The highest BCUT2D eigenvalue weighted by Crippen LogP contribution is 2.17. The summed E-state index contributed by atoms with van der Waals surface area (Å²) in [6, 6.07) is 16.3. The van der Waals surface area contributed by atoms with Gasteiger partial charge in [-0.15, -0.1) is 0 Å². The second-order valence-corrected chi connectivity index (χ2v) is 5.72. The number of ether oxygens (including phenoxy) is 1. The second kappa shape index (κ2) is 8.11. The molecule has 1 aromatic heterocycles. The van der Waals surface area contributed by atoms with Gasteiger partial charge >= 0.3 is 5.97 Å². The number of amides is 1. The Morgan fingerprint density at radius 3 is 2.35 bits per heavy atom. The first-order valence-electron chi connectivity index (χ1n) is 8.18. The number of carbonyl (C=O) groups is 2. The van der Waals surface area contributed by atoms with Gasteiger partial charge in [0.25, 0.3) is 5.91 Å². The number of rotatable bonds is 6. The molecule has 0 atom stereocenters. The van der Waals surface area contributed by atoms with Crippen LogP contribution in [0.3, 0.4) is 0 Å². The predicted molar refractivity (Wildman–Crippen MR) is 96.4 cm³/mol. The molecule has 0 radical (unpaired) electrons. The summed E-state index contributed by atoms with van der Waals surface area (Å²) in [5.74, 6) is -0.123. The smallest absolute Gasteiger partial charge is 0.338 e. The molecule has 1 N–H and O–H groups in total. The molecule has 3 aromatic rings. The summed E-state index contributed by atoms with van der Waals surface area (Å²) in [5, 5.41) is 0. The van der Waals surface area contributed by atoms with E-state index in [2.05, 4.69) is 9.97 Å². The Kier molecular flexibility index (Phi) is 5.43. The zero-order valence-corrected chi connectivity index (χ0v) is 14.4. The van der Waals surface area contributed by atoms with Crippen LogP contribution in [0.5, 0.6) is 0 Å². The summed E-state index contributed by atoms with van der Waals surface area (Å²) in [7, 11) is 1.30. The zero-order chi connectivity index (χ0) is 18.4. The van der Waals surface area contributed by atoms with E-state index in [9.17, 15) is 9.59 Å². The minimum absolute atomic E-state index is 0.248. The molecular weight excluding hydrogens is 330 g/mol. The van der Waals surface area contributed by atoms with Crippen LogP contribution in [0.4, 0.5) is 0 Å². The molecule has 0 unspecified atom stereocenters. The topological polar surface area (TPSA) is 75.3 Å². The van der Waals surface area contributed by atoms with Gasteiger partial charge in [0.2, 0.25) is 0 Å². The van der Waals surface area contributed by atoms with Crippen LogP contribution >= 0.6 is 0 Å². The average molecular weight is 349 g/mol. The molecule has 0 bridgehead atoms. The maximum Gasteiger partial charge on any atom is 0.338 e. The predicted octanol–water partition coefficient (Wildman–Crippen LogP) is 3.04. The first-order valence-corrected chi connectivity index (χ1v) is 8.18. The molecule has 0 aliphatic rings. The van der Waals surface area contributed by atoms with E-state index in [1.807, 2.05) is 30.3 Å². The molecule has 6 nitrogen and oxygen atoms in total. The summed E-state index contributed by atoms with van der Waals surface area (Å²) >= 11 is 0. The maximum atomic E-state index is 13.2. The molecule has 1 amide bonds. The van der Waals surface area contributed by atoms with Crippen molar-refractivity contribution < 1.29 is 14.3 Å². The van der Waals surface area contributed by atoms with E-state index in [0.717, 1.165) is 5.56 Å². The molecule has 132 valence electrons. The summed E-state index contributed by atoms with van der Waals surface area (Å²) in [6.07, 6.45) is 3.35. The fourth-order valence-corrected chi connectivity index (χ4v) is 2.70. The van der Waals surface area contributed by atoms with Crippen LogP contribution in [0.15, 0.2) is 67.0 Å². The van der Waals surface area contributed by atoms with Gasteiger partial charge in [-0.1, -0.05) is 42.5 Å². The molecule has 0 saturated heterocycles. The SMILES string of the molecule is COC(=O)c1ccccc1C(=O)N(Cc1ccccc1)Cc1ncc[nH]1. The lowest BCUT2D eigenvalue weighted by Crippen LogP contribution is -2.31. The van der Waals surface area contributed by atoms with Crippen molar-refractivity contribution in [3.05, 3.63) is 89.5 Å². The van der Waals surface area contributed by atoms with Crippen LogP contribution in [-0.2, 0) is 17.8 Å². The van der Waals surface area contributed by atoms with Gasteiger partial charge in [0.05, 0.1) is 24.8 Å². The first-order chi connectivity index (χ1) is 12.7.